The largest absolute Gasteiger partial charge is 0.303 e. The van der Waals surface area contributed by atoms with Crippen LogP contribution in [-0.4, -0.2) is 49.2 Å². The molecule has 2 saturated heterocycles. The van der Waals surface area contributed by atoms with Crippen LogP contribution in [0.15, 0.2) is 0 Å². The fourth-order valence-corrected chi connectivity index (χ4v) is 3.54. The summed E-state index contributed by atoms with van der Waals surface area (Å²) in [5.74, 6) is 0.977. The smallest absolute Gasteiger partial charge is 0.0133 e. The summed E-state index contributed by atoms with van der Waals surface area (Å²) in [6.07, 6.45) is 12.6. The van der Waals surface area contributed by atoms with Gasteiger partial charge >= 0.3 is 0 Å². The molecule has 0 aliphatic carbocycles. The van der Waals surface area contributed by atoms with Crippen molar-refractivity contribution in [2.75, 3.05) is 39.3 Å². The molecule has 3 nitrogen and oxygen atoms in total. The van der Waals surface area contributed by atoms with Crippen LogP contribution in [0, 0.1) is 5.92 Å². The average Bonchev–Trinajstić information content (AvgIpc) is 2.52. The molecule has 1 N–H and O–H groups in total. The van der Waals surface area contributed by atoms with Gasteiger partial charge < -0.3 is 4.90 Å². The number of likely N-dealkylation sites (tertiary alicyclic amines) is 1. The van der Waals surface area contributed by atoms with Crippen molar-refractivity contribution in [3.63, 3.8) is 0 Å². The Kier molecular flexibility index (Phi) is 7.92. The van der Waals surface area contributed by atoms with E-state index in [4.69, 9.17) is 0 Å². The second-order valence-corrected chi connectivity index (χ2v) is 6.74. The summed E-state index contributed by atoms with van der Waals surface area (Å²) in [5, 5.41) is 2.47. The third-order valence-corrected chi connectivity index (χ3v) is 5.03. The van der Waals surface area contributed by atoms with Crippen molar-refractivity contribution >= 4 is 0 Å². The van der Waals surface area contributed by atoms with Crippen LogP contribution in [-0.2, 0) is 0 Å². The van der Waals surface area contributed by atoms with Gasteiger partial charge in [-0.05, 0) is 64.1 Å². The second kappa shape index (κ2) is 9.75. The minimum Gasteiger partial charge on any atom is -0.303 e. The van der Waals surface area contributed by atoms with Gasteiger partial charge in [0.25, 0.3) is 0 Å². The molecular formula is C17H35N3. The van der Waals surface area contributed by atoms with E-state index in [0.717, 1.165) is 5.92 Å². The Hall–Kier alpha value is -0.120. The molecule has 2 fully saturated rings. The highest BCUT2D eigenvalue weighted by molar-refractivity contribution is 4.73. The van der Waals surface area contributed by atoms with Crippen LogP contribution >= 0.6 is 0 Å². The molecule has 2 rings (SSSR count). The van der Waals surface area contributed by atoms with Gasteiger partial charge in [-0.15, -0.1) is 0 Å². The first kappa shape index (κ1) is 16.3. The van der Waals surface area contributed by atoms with E-state index >= 15 is 0 Å². The zero-order chi connectivity index (χ0) is 14.0. The number of hydrogen-bond donors (Lipinski definition) is 1. The van der Waals surface area contributed by atoms with Gasteiger partial charge in [-0.1, -0.05) is 26.2 Å². The summed E-state index contributed by atoms with van der Waals surface area (Å²) in [4.78, 5) is 2.69. The SMILES string of the molecule is CCCCCNN1CCC(CCN2CCCCC2)CC1. The molecule has 0 aromatic rings. The minimum atomic E-state index is 0.977. The maximum absolute atomic E-state index is 3.61. The normalized spacial score (nSPS) is 23.2. The zero-order valence-corrected chi connectivity index (χ0v) is 13.6. The fourth-order valence-electron chi connectivity index (χ4n) is 3.54. The van der Waals surface area contributed by atoms with Gasteiger partial charge in [0, 0.05) is 19.6 Å². The van der Waals surface area contributed by atoms with E-state index in [9.17, 15) is 0 Å². The first-order valence-electron chi connectivity index (χ1n) is 9.09. The summed E-state index contributed by atoms with van der Waals surface area (Å²) in [6, 6.07) is 0. The molecule has 2 aliphatic rings. The van der Waals surface area contributed by atoms with Gasteiger partial charge in [0.15, 0.2) is 0 Å². The standard InChI is InChI=1S/C17H35N3/c1-2-3-5-11-18-20-15-9-17(10-16-20)8-14-19-12-6-4-7-13-19/h17-18H,2-16H2,1H3. The molecule has 0 saturated carbocycles. The Morgan fingerprint density at radius 1 is 0.950 bits per heavy atom. The van der Waals surface area contributed by atoms with E-state index in [1.165, 1.54) is 97.1 Å². The number of nitrogens with one attached hydrogen (secondary N) is 1. The van der Waals surface area contributed by atoms with Crippen molar-refractivity contribution < 1.29 is 0 Å². The molecule has 2 heterocycles. The lowest BCUT2D eigenvalue weighted by Crippen LogP contribution is -2.44. The van der Waals surface area contributed by atoms with E-state index in [1.54, 1.807) is 0 Å². The van der Waals surface area contributed by atoms with Crippen molar-refractivity contribution in [3.05, 3.63) is 0 Å². The summed E-state index contributed by atoms with van der Waals surface area (Å²) in [6.45, 7) is 10.0. The van der Waals surface area contributed by atoms with Crippen LogP contribution in [0.4, 0.5) is 0 Å². The number of hydrazine groups is 1. The van der Waals surface area contributed by atoms with Crippen LogP contribution in [0.3, 0.4) is 0 Å². The Morgan fingerprint density at radius 2 is 1.70 bits per heavy atom. The van der Waals surface area contributed by atoms with E-state index in [1.807, 2.05) is 0 Å². The number of nitrogens with zero attached hydrogens (tertiary/aromatic N) is 2. The predicted octanol–water partition coefficient (Wildman–Crippen LogP) is 3.27. The predicted molar refractivity (Wildman–Crippen MR) is 86.7 cm³/mol. The van der Waals surface area contributed by atoms with Crippen molar-refractivity contribution in [2.24, 2.45) is 5.92 Å². The second-order valence-electron chi connectivity index (χ2n) is 6.74. The van der Waals surface area contributed by atoms with E-state index < -0.39 is 0 Å². The first-order valence-corrected chi connectivity index (χ1v) is 9.09. The summed E-state index contributed by atoms with van der Waals surface area (Å²) in [5.41, 5.74) is 3.61. The molecular weight excluding hydrogens is 246 g/mol. The Bertz CT molecular complexity index is 230. The lowest BCUT2D eigenvalue weighted by Gasteiger charge is -2.34. The van der Waals surface area contributed by atoms with Gasteiger partial charge in [-0.25, -0.2) is 5.01 Å². The lowest BCUT2D eigenvalue weighted by molar-refractivity contribution is 0.112. The molecule has 0 radical (unpaired) electrons. The van der Waals surface area contributed by atoms with Gasteiger partial charge in [0.05, 0.1) is 0 Å². The zero-order valence-electron chi connectivity index (χ0n) is 13.6. The molecule has 0 amide bonds. The first-order chi connectivity index (χ1) is 9.88. The number of hydrogen-bond acceptors (Lipinski definition) is 3. The molecule has 3 heteroatoms. The fraction of sp³-hybridized carbons (Fsp3) is 1.00. The number of piperidine rings is 2. The van der Waals surface area contributed by atoms with Gasteiger partial charge in [-0.2, -0.15) is 0 Å². The molecule has 118 valence electrons. The third kappa shape index (κ3) is 6.11. The monoisotopic (exact) mass is 281 g/mol. The summed E-state index contributed by atoms with van der Waals surface area (Å²) in [7, 11) is 0. The Labute approximate surface area is 126 Å². The van der Waals surface area contributed by atoms with E-state index in [2.05, 4.69) is 22.3 Å². The van der Waals surface area contributed by atoms with E-state index in [0.29, 0.717) is 0 Å². The van der Waals surface area contributed by atoms with Crippen LogP contribution < -0.4 is 5.43 Å². The Balaban J connectivity index is 1.50. The van der Waals surface area contributed by atoms with Crippen LogP contribution in [0.1, 0.15) is 64.7 Å². The molecule has 0 bridgehead atoms. The highest BCUT2D eigenvalue weighted by Crippen LogP contribution is 2.20. The van der Waals surface area contributed by atoms with Crippen molar-refractivity contribution in [2.45, 2.75) is 64.7 Å². The van der Waals surface area contributed by atoms with Gasteiger partial charge in [0.1, 0.15) is 0 Å². The van der Waals surface area contributed by atoms with Crippen molar-refractivity contribution in [1.82, 2.24) is 15.3 Å². The molecule has 0 spiro atoms. The summed E-state index contributed by atoms with van der Waals surface area (Å²) >= 11 is 0. The van der Waals surface area contributed by atoms with Crippen LogP contribution in [0.2, 0.25) is 0 Å². The molecule has 0 unspecified atom stereocenters. The van der Waals surface area contributed by atoms with Crippen LogP contribution in [0.5, 0.6) is 0 Å². The Morgan fingerprint density at radius 3 is 2.40 bits per heavy atom. The van der Waals surface area contributed by atoms with E-state index in [-0.39, 0.29) is 0 Å². The lowest BCUT2D eigenvalue weighted by atomic mass is 9.94. The number of rotatable bonds is 8. The topological polar surface area (TPSA) is 18.5 Å². The maximum Gasteiger partial charge on any atom is 0.0133 e. The molecule has 0 aromatic heterocycles. The maximum atomic E-state index is 3.61. The van der Waals surface area contributed by atoms with Gasteiger partial charge in [0.2, 0.25) is 0 Å². The quantitative estimate of drug-likeness (QED) is 0.689. The minimum absolute atomic E-state index is 0.977. The molecule has 0 atom stereocenters. The third-order valence-electron chi connectivity index (χ3n) is 5.03. The average molecular weight is 281 g/mol. The molecule has 20 heavy (non-hydrogen) atoms. The van der Waals surface area contributed by atoms with Crippen LogP contribution in [0.25, 0.3) is 0 Å². The number of unbranched alkanes of at least 4 members (excludes halogenated alkanes) is 2. The van der Waals surface area contributed by atoms with Gasteiger partial charge in [-0.3, -0.25) is 5.43 Å². The highest BCUT2D eigenvalue weighted by Gasteiger charge is 2.20. The molecule has 2 aliphatic heterocycles. The van der Waals surface area contributed by atoms with Crippen molar-refractivity contribution in [1.29, 1.82) is 0 Å². The highest BCUT2D eigenvalue weighted by atomic mass is 15.5. The van der Waals surface area contributed by atoms with Crippen molar-refractivity contribution in [3.8, 4) is 0 Å². The molecule has 0 aromatic carbocycles. The summed E-state index contributed by atoms with van der Waals surface area (Å²) < 4.78 is 0.